The summed E-state index contributed by atoms with van der Waals surface area (Å²) in [4.78, 5) is 13.3. The zero-order valence-electron chi connectivity index (χ0n) is 15.7. The zero-order chi connectivity index (χ0) is 19.5. The highest BCUT2D eigenvalue weighted by Crippen LogP contribution is 2.26. The minimum atomic E-state index is -0.543. The van der Waals surface area contributed by atoms with Gasteiger partial charge in [-0.15, -0.1) is 0 Å². The average Bonchev–Trinajstić information content (AvgIpc) is 3.06. The highest BCUT2D eigenvalue weighted by Gasteiger charge is 2.21. The molecule has 0 saturated carbocycles. The molecule has 0 unspecified atom stereocenters. The van der Waals surface area contributed by atoms with Crippen molar-refractivity contribution in [1.82, 2.24) is 19.8 Å². The lowest BCUT2D eigenvalue weighted by molar-refractivity contribution is 0.120. The van der Waals surface area contributed by atoms with Gasteiger partial charge in [0.2, 0.25) is 5.89 Å². The van der Waals surface area contributed by atoms with Gasteiger partial charge in [0.15, 0.2) is 0 Å². The molecular weight excluding hydrogens is 362 g/mol. The maximum Gasteiger partial charge on any atom is 0.229 e. The zero-order valence-corrected chi connectivity index (χ0v) is 15.7. The summed E-state index contributed by atoms with van der Waals surface area (Å²) in [5.74, 6) is -0.298. The SMILES string of the molecule is Cc1oc(-c2cc(F)ccc2F)nc1CN1CCN(Cc2cccnc2)CC1. The molecule has 3 heterocycles. The highest BCUT2D eigenvalue weighted by molar-refractivity contribution is 5.54. The van der Waals surface area contributed by atoms with Crippen LogP contribution >= 0.6 is 0 Å². The standard InChI is InChI=1S/C21H22F2N4O/c1-15-20(25-21(28-15)18-11-17(22)4-5-19(18)23)14-27-9-7-26(8-10-27)13-16-3-2-6-24-12-16/h2-6,11-12H,7-10,13-14H2,1H3. The van der Waals surface area contributed by atoms with Gasteiger partial charge in [-0.25, -0.2) is 13.8 Å². The largest absolute Gasteiger partial charge is 0.441 e. The van der Waals surface area contributed by atoms with E-state index in [9.17, 15) is 8.78 Å². The Morgan fingerprint density at radius 1 is 1.04 bits per heavy atom. The van der Waals surface area contributed by atoms with Gasteiger partial charge in [-0.05, 0) is 36.8 Å². The van der Waals surface area contributed by atoms with Crippen LogP contribution in [-0.2, 0) is 13.1 Å². The van der Waals surface area contributed by atoms with Crippen molar-refractivity contribution in [2.24, 2.45) is 0 Å². The Morgan fingerprint density at radius 3 is 2.50 bits per heavy atom. The number of nitrogens with zero attached hydrogens (tertiary/aromatic N) is 4. The Bertz CT molecular complexity index is 937. The normalized spacial score (nSPS) is 15.8. The van der Waals surface area contributed by atoms with Gasteiger partial charge in [0, 0.05) is 51.7 Å². The van der Waals surface area contributed by atoms with Crippen LogP contribution in [0.5, 0.6) is 0 Å². The molecule has 1 aliphatic rings. The average molecular weight is 384 g/mol. The summed E-state index contributed by atoms with van der Waals surface area (Å²) in [6.07, 6.45) is 3.68. The first kappa shape index (κ1) is 18.7. The van der Waals surface area contributed by atoms with Crippen molar-refractivity contribution in [3.05, 3.63) is 71.4 Å². The van der Waals surface area contributed by atoms with Gasteiger partial charge >= 0.3 is 0 Å². The van der Waals surface area contributed by atoms with E-state index in [4.69, 9.17) is 4.42 Å². The second-order valence-corrected chi connectivity index (χ2v) is 7.06. The summed E-state index contributed by atoms with van der Waals surface area (Å²) in [5, 5.41) is 0. The summed E-state index contributed by atoms with van der Waals surface area (Å²) in [7, 11) is 0. The monoisotopic (exact) mass is 384 g/mol. The Morgan fingerprint density at radius 2 is 1.79 bits per heavy atom. The second kappa shape index (κ2) is 8.16. The van der Waals surface area contributed by atoms with Crippen molar-refractivity contribution in [3.8, 4) is 11.5 Å². The number of hydrogen-bond acceptors (Lipinski definition) is 5. The lowest BCUT2D eigenvalue weighted by Crippen LogP contribution is -2.45. The molecule has 0 radical (unpaired) electrons. The minimum Gasteiger partial charge on any atom is -0.441 e. The molecule has 1 saturated heterocycles. The number of hydrogen-bond donors (Lipinski definition) is 0. The fraction of sp³-hybridized carbons (Fsp3) is 0.333. The number of halogens is 2. The summed E-state index contributed by atoms with van der Waals surface area (Å²) in [6, 6.07) is 7.33. The number of aryl methyl sites for hydroxylation is 1. The van der Waals surface area contributed by atoms with Crippen LogP contribution in [0.2, 0.25) is 0 Å². The van der Waals surface area contributed by atoms with Gasteiger partial charge < -0.3 is 4.42 Å². The maximum absolute atomic E-state index is 14.0. The molecule has 0 amide bonds. The fourth-order valence-electron chi connectivity index (χ4n) is 3.42. The Labute approximate surface area is 162 Å². The van der Waals surface area contributed by atoms with Gasteiger partial charge in [-0.1, -0.05) is 6.07 Å². The van der Waals surface area contributed by atoms with Crippen molar-refractivity contribution in [1.29, 1.82) is 0 Å². The third kappa shape index (κ3) is 4.26. The number of rotatable bonds is 5. The van der Waals surface area contributed by atoms with Crippen molar-refractivity contribution >= 4 is 0 Å². The van der Waals surface area contributed by atoms with Gasteiger partial charge in [-0.2, -0.15) is 0 Å². The predicted molar refractivity (Wildman–Crippen MR) is 101 cm³/mol. The molecule has 28 heavy (non-hydrogen) atoms. The molecule has 1 aromatic carbocycles. The summed E-state index contributed by atoms with van der Waals surface area (Å²) in [5.41, 5.74) is 2.03. The molecule has 1 aliphatic heterocycles. The van der Waals surface area contributed by atoms with Gasteiger partial charge in [-0.3, -0.25) is 14.8 Å². The van der Waals surface area contributed by atoms with Crippen molar-refractivity contribution in [3.63, 3.8) is 0 Å². The summed E-state index contributed by atoms with van der Waals surface area (Å²) in [6.45, 7) is 7.07. The number of benzene rings is 1. The van der Waals surface area contributed by atoms with Crippen molar-refractivity contribution in [2.45, 2.75) is 20.0 Å². The minimum absolute atomic E-state index is 0.0515. The van der Waals surface area contributed by atoms with E-state index in [1.165, 1.54) is 5.56 Å². The molecule has 0 N–H and O–H groups in total. The van der Waals surface area contributed by atoms with E-state index in [0.29, 0.717) is 12.3 Å². The van der Waals surface area contributed by atoms with E-state index in [2.05, 4.69) is 25.8 Å². The molecule has 0 aliphatic carbocycles. The molecule has 0 atom stereocenters. The van der Waals surface area contributed by atoms with E-state index in [-0.39, 0.29) is 11.5 Å². The topological polar surface area (TPSA) is 45.4 Å². The molecular formula is C21H22F2N4O. The van der Waals surface area contributed by atoms with Gasteiger partial charge in [0.05, 0.1) is 11.3 Å². The molecule has 2 aromatic heterocycles. The van der Waals surface area contributed by atoms with Gasteiger partial charge in [0.25, 0.3) is 0 Å². The number of pyridine rings is 1. The quantitative estimate of drug-likeness (QED) is 0.672. The Kier molecular flexibility index (Phi) is 5.45. The van der Waals surface area contributed by atoms with Crippen LogP contribution in [0.25, 0.3) is 11.5 Å². The molecule has 1 fully saturated rings. The molecule has 7 heteroatoms. The third-order valence-corrected chi connectivity index (χ3v) is 5.02. The van der Waals surface area contributed by atoms with Crippen LogP contribution in [0.15, 0.2) is 47.1 Å². The van der Waals surface area contributed by atoms with Crippen LogP contribution in [0.1, 0.15) is 17.0 Å². The summed E-state index contributed by atoms with van der Waals surface area (Å²) < 4.78 is 33.1. The van der Waals surface area contributed by atoms with E-state index in [0.717, 1.165) is 56.6 Å². The van der Waals surface area contributed by atoms with Crippen LogP contribution in [0.3, 0.4) is 0 Å². The van der Waals surface area contributed by atoms with Crippen LogP contribution < -0.4 is 0 Å². The Hall–Kier alpha value is -2.64. The first-order chi connectivity index (χ1) is 13.6. The molecule has 3 aromatic rings. The predicted octanol–water partition coefficient (Wildman–Crippen LogP) is 3.64. The smallest absolute Gasteiger partial charge is 0.229 e. The Balaban J connectivity index is 1.38. The molecule has 5 nitrogen and oxygen atoms in total. The summed E-state index contributed by atoms with van der Waals surface area (Å²) >= 11 is 0. The first-order valence-corrected chi connectivity index (χ1v) is 9.34. The molecule has 0 spiro atoms. The van der Waals surface area contributed by atoms with Crippen LogP contribution in [0.4, 0.5) is 8.78 Å². The van der Waals surface area contributed by atoms with Crippen molar-refractivity contribution < 1.29 is 13.2 Å². The van der Waals surface area contributed by atoms with Gasteiger partial charge in [0.1, 0.15) is 17.4 Å². The van der Waals surface area contributed by atoms with E-state index in [1.54, 1.807) is 6.20 Å². The number of piperazine rings is 1. The highest BCUT2D eigenvalue weighted by atomic mass is 19.1. The molecule has 4 rings (SSSR count). The van der Waals surface area contributed by atoms with E-state index in [1.807, 2.05) is 19.2 Å². The third-order valence-electron chi connectivity index (χ3n) is 5.02. The van der Waals surface area contributed by atoms with Crippen molar-refractivity contribution in [2.75, 3.05) is 26.2 Å². The number of aromatic nitrogens is 2. The van der Waals surface area contributed by atoms with Crippen LogP contribution in [-0.4, -0.2) is 45.9 Å². The lowest BCUT2D eigenvalue weighted by Gasteiger charge is -2.34. The molecule has 146 valence electrons. The fourth-order valence-corrected chi connectivity index (χ4v) is 3.42. The van der Waals surface area contributed by atoms with Crippen LogP contribution in [0, 0.1) is 18.6 Å². The first-order valence-electron chi connectivity index (χ1n) is 9.34. The maximum atomic E-state index is 14.0. The number of oxazole rings is 1. The second-order valence-electron chi connectivity index (χ2n) is 7.06. The van der Waals surface area contributed by atoms with E-state index >= 15 is 0 Å². The lowest BCUT2D eigenvalue weighted by atomic mass is 10.2. The molecule has 0 bridgehead atoms. The van der Waals surface area contributed by atoms with E-state index < -0.39 is 11.6 Å².